The van der Waals surface area contributed by atoms with Crippen LogP contribution in [0.3, 0.4) is 0 Å². The largest absolute Gasteiger partial charge is 0.368 e. The second-order valence-electron chi connectivity index (χ2n) is 8.17. The zero-order valence-corrected chi connectivity index (χ0v) is 16.9. The molecule has 0 saturated carbocycles. The first kappa shape index (κ1) is 19.1. The Bertz CT molecular complexity index is 802. The number of aryl methyl sites for hydroxylation is 1. The quantitative estimate of drug-likeness (QED) is 0.902. The van der Waals surface area contributed by atoms with Crippen LogP contribution in [0.25, 0.3) is 0 Å². The van der Waals surface area contributed by atoms with Gasteiger partial charge in [-0.1, -0.05) is 12.1 Å². The average Bonchev–Trinajstić information content (AvgIpc) is 2.63. The topological polar surface area (TPSA) is 61.4 Å². The Kier molecular flexibility index (Phi) is 5.35. The molecule has 1 N–H and O–H groups in total. The number of benzene rings is 1. The number of hydrogen-bond donors (Lipinski definition) is 1. The highest BCUT2D eigenvalue weighted by Gasteiger charge is 2.24. The molecule has 1 aromatic carbocycles. The van der Waals surface area contributed by atoms with E-state index >= 15 is 0 Å². The summed E-state index contributed by atoms with van der Waals surface area (Å²) < 4.78 is 0. The third kappa shape index (κ3) is 4.56. The highest BCUT2D eigenvalue weighted by molar-refractivity contribution is 5.93. The van der Waals surface area contributed by atoms with E-state index in [1.54, 1.807) is 12.4 Å². The van der Waals surface area contributed by atoms with E-state index in [0.717, 1.165) is 13.1 Å². The van der Waals surface area contributed by atoms with Gasteiger partial charge in [0.2, 0.25) is 5.95 Å². The Morgan fingerprint density at radius 1 is 1.04 bits per heavy atom. The molecule has 144 valence electrons. The van der Waals surface area contributed by atoms with Crippen molar-refractivity contribution in [1.29, 1.82) is 0 Å². The van der Waals surface area contributed by atoms with Crippen molar-refractivity contribution in [1.82, 2.24) is 14.9 Å². The SMILES string of the molecule is Cc1cccc(N2CCN(C(=O)c3cnc(NC(C)(C)C)nc3)CC2)c1C. The molecular weight excluding hydrogens is 338 g/mol. The minimum Gasteiger partial charge on any atom is -0.368 e. The number of aromatic nitrogens is 2. The van der Waals surface area contributed by atoms with Gasteiger partial charge in [0, 0.05) is 49.8 Å². The molecule has 1 fully saturated rings. The van der Waals surface area contributed by atoms with Crippen molar-refractivity contribution in [3.05, 3.63) is 47.3 Å². The zero-order valence-electron chi connectivity index (χ0n) is 16.9. The van der Waals surface area contributed by atoms with Crippen molar-refractivity contribution in [3.63, 3.8) is 0 Å². The summed E-state index contributed by atoms with van der Waals surface area (Å²) in [6, 6.07) is 6.39. The van der Waals surface area contributed by atoms with Crippen LogP contribution in [-0.4, -0.2) is 52.5 Å². The Morgan fingerprint density at radius 3 is 2.26 bits per heavy atom. The van der Waals surface area contributed by atoms with Crippen molar-refractivity contribution in [2.24, 2.45) is 0 Å². The number of amides is 1. The van der Waals surface area contributed by atoms with Gasteiger partial charge in [0.15, 0.2) is 0 Å². The standard InChI is InChI=1S/C21H29N5O/c1-15-7-6-8-18(16(15)2)25-9-11-26(12-10-25)19(27)17-13-22-20(23-14-17)24-21(3,4)5/h6-8,13-14H,9-12H2,1-5H3,(H,22,23,24). The molecule has 2 heterocycles. The van der Waals surface area contributed by atoms with Crippen LogP contribution in [0, 0.1) is 13.8 Å². The highest BCUT2D eigenvalue weighted by Crippen LogP contribution is 2.24. The summed E-state index contributed by atoms with van der Waals surface area (Å²) in [6.07, 6.45) is 3.22. The zero-order chi connectivity index (χ0) is 19.6. The first-order valence-electron chi connectivity index (χ1n) is 9.45. The Morgan fingerprint density at radius 2 is 1.67 bits per heavy atom. The van der Waals surface area contributed by atoms with Crippen LogP contribution in [0.4, 0.5) is 11.6 Å². The summed E-state index contributed by atoms with van der Waals surface area (Å²) in [5.41, 5.74) is 4.30. The number of carbonyl (C=O) groups excluding carboxylic acids is 1. The monoisotopic (exact) mass is 367 g/mol. The molecule has 0 spiro atoms. The van der Waals surface area contributed by atoms with Gasteiger partial charge in [0.1, 0.15) is 0 Å². The van der Waals surface area contributed by atoms with Crippen LogP contribution in [-0.2, 0) is 0 Å². The lowest BCUT2D eigenvalue weighted by atomic mass is 10.1. The molecule has 0 atom stereocenters. The molecule has 6 heteroatoms. The Hall–Kier alpha value is -2.63. The van der Waals surface area contributed by atoms with Crippen LogP contribution in [0.5, 0.6) is 0 Å². The predicted octanol–water partition coefficient (Wildman–Crippen LogP) is 3.27. The fraction of sp³-hybridized carbons (Fsp3) is 0.476. The number of hydrogen-bond acceptors (Lipinski definition) is 5. The Balaban J connectivity index is 1.62. The van der Waals surface area contributed by atoms with Crippen LogP contribution in [0.15, 0.2) is 30.6 Å². The minimum atomic E-state index is -0.115. The van der Waals surface area contributed by atoms with Crippen LogP contribution < -0.4 is 10.2 Å². The molecule has 2 aromatic rings. The van der Waals surface area contributed by atoms with E-state index in [4.69, 9.17) is 0 Å². The molecule has 0 aliphatic carbocycles. The van der Waals surface area contributed by atoms with E-state index < -0.39 is 0 Å². The van der Waals surface area contributed by atoms with E-state index in [9.17, 15) is 4.79 Å². The second kappa shape index (κ2) is 7.55. The number of anilines is 2. The number of nitrogens with one attached hydrogen (secondary N) is 1. The van der Waals surface area contributed by atoms with E-state index in [-0.39, 0.29) is 11.4 Å². The van der Waals surface area contributed by atoms with Crippen LogP contribution >= 0.6 is 0 Å². The lowest BCUT2D eigenvalue weighted by molar-refractivity contribution is 0.0746. The van der Waals surface area contributed by atoms with Gasteiger partial charge in [-0.25, -0.2) is 9.97 Å². The Labute approximate surface area is 161 Å². The summed E-state index contributed by atoms with van der Waals surface area (Å²) in [5, 5.41) is 3.21. The maximum atomic E-state index is 12.8. The summed E-state index contributed by atoms with van der Waals surface area (Å²) in [6.45, 7) is 13.5. The van der Waals surface area contributed by atoms with Gasteiger partial charge in [-0.3, -0.25) is 4.79 Å². The van der Waals surface area contributed by atoms with Gasteiger partial charge >= 0.3 is 0 Å². The molecule has 27 heavy (non-hydrogen) atoms. The molecule has 6 nitrogen and oxygen atoms in total. The number of carbonyl (C=O) groups is 1. The molecule has 1 amide bonds. The second-order valence-corrected chi connectivity index (χ2v) is 8.17. The number of rotatable bonds is 3. The molecule has 0 radical (unpaired) electrons. The lowest BCUT2D eigenvalue weighted by Gasteiger charge is -2.37. The van der Waals surface area contributed by atoms with E-state index in [0.29, 0.717) is 24.6 Å². The normalized spacial score (nSPS) is 15.0. The average molecular weight is 367 g/mol. The van der Waals surface area contributed by atoms with Gasteiger partial charge in [-0.05, 0) is 51.8 Å². The third-order valence-corrected chi connectivity index (χ3v) is 4.87. The first-order valence-corrected chi connectivity index (χ1v) is 9.45. The van der Waals surface area contributed by atoms with Gasteiger partial charge in [0.25, 0.3) is 5.91 Å². The van der Waals surface area contributed by atoms with Crippen LogP contribution in [0.2, 0.25) is 0 Å². The fourth-order valence-electron chi connectivity index (χ4n) is 3.25. The summed E-state index contributed by atoms with van der Waals surface area (Å²) >= 11 is 0. The smallest absolute Gasteiger partial charge is 0.257 e. The molecule has 1 saturated heterocycles. The van der Waals surface area contributed by atoms with Crippen molar-refractivity contribution < 1.29 is 4.79 Å². The molecule has 1 aliphatic heterocycles. The van der Waals surface area contributed by atoms with Gasteiger partial charge < -0.3 is 15.1 Å². The van der Waals surface area contributed by atoms with Gasteiger partial charge in [-0.15, -0.1) is 0 Å². The summed E-state index contributed by atoms with van der Waals surface area (Å²) in [5.74, 6) is 0.539. The molecule has 1 aliphatic rings. The van der Waals surface area contributed by atoms with Crippen molar-refractivity contribution in [2.45, 2.75) is 40.2 Å². The fourth-order valence-corrected chi connectivity index (χ4v) is 3.25. The predicted molar refractivity (Wildman–Crippen MR) is 109 cm³/mol. The lowest BCUT2D eigenvalue weighted by Crippen LogP contribution is -2.49. The van der Waals surface area contributed by atoms with Gasteiger partial charge in [-0.2, -0.15) is 0 Å². The van der Waals surface area contributed by atoms with E-state index in [1.807, 2.05) is 25.7 Å². The molecular formula is C21H29N5O. The number of nitrogens with zero attached hydrogens (tertiary/aromatic N) is 4. The first-order chi connectivity index (χ1) is 12.7. The summed E-state index contributed by atoms with van der Waals surface area (Å²) in [7, 11) is 0. The van der Waals surface area contributed by atoms with Gasteiger partial charge in [0.05, 0.1) is 5.56 Å². The highest BCUT2D eigenvalue weighted by atomic mass is 16.2. The molecule has 0 bridgehead atoms. The van der Waals surface area contributed by atoms with Crippen molar-refractivity contribution in [3.8, 4) is 0 Å². The van der Waals surface area contributed by atoms with E-state index in [1.165, 1.54) is 16.8 Å². The maximum absolute atomic E-state index is 12.8. The van der Waals surface area contributed by atoms with Crippen LogP contribution in [0.1, 0.15) is 42.3 Å². The number of piperazine rings is 1. The molecule has 3 rings (SSSR count). The minimum absolute atomic E-state index is 0.00192. The van der Waals surface area contributed by atoms with Crippen molar-refractivity contribution >= 4 is 17.5 Å². The van der Waals surface area contributed by atoms with Crippen molar-refractivity contribution in [2.75, 3.05) is 36.4 Å². The summed E-state index contributed by atoms with van der Waals surface area (Å²) in [4.78, 5) is 25.6. The maximum Gasteiger partial charge on any atom is 0.257 e. The third-order valence-electron chi connectivity index (χ3n) is 4.87. The molecule has 0 unspecified atom stereocenters. The van der Waals surface area contributed by atoms with E-state index in [2.05, 4.69) is 52.2 Å². The molecule has 1 aromatic heterocycles.